The van der Waals surface area contributed by atoms with E-state index in [0.29, 0.717) is 11.0 Å². The summed E-state index contributed by atoms with van der Waals surface area (Å²) in [5.41, 5.74) is -0.682. The Morgan fingerprint density at radius 1 is 1.22 bits per heavy atom. The van der Waals surface area contributed by atoms with Crippen molar-refractivity contribution in [2.24, 2.45) is 0 Å². The number of rotatable bonds is 5. The second kappa shape index (κ2) is 7.40. The maximum atomic E-state index is 14.0. The molecular weight excluding hydrogens is 322 g/mol. The van der Waals surface area contributed by atoms with E-state index in [1.807, 2.05) is 0 Å². The van der Waals surface area contributed by atoms with Gasteiger partial charge in [-0.1, -0.05) is 0 Å². The molecule has 0 aliphatic heterocycles. The van der Waals surface area contributed by atoms with Crippen molar-refractivity contribution < 1.29 is 36.6 Å². The van der Waals surface area contributed by atoms with E-state index >= 15 is 0 Å². The van der Waals surface area contributed by atoms with Gasteiger partial charge < -0.3 is 14.4 Å². The smallest absolute Gasteiger partial charge is 0.465 e. The molecule has 0 bridgehead atoms. The molecule has 9 heteroatoms. The van der Waals surface area contributed by atoms with Crippen molar-refractivity contribution in [2.45, 2.75) is 13.1 Å². The van der Waals surface area contributed by atoms with Gasteiger partial charge in [0.25, 0.3) is 0 Å². The summed E-state index contributed by atoms with van der Waals surface area (Å²) in [5.74, 6) is -4.19. The van der Waals surface area contributed by atoms with Gasteiger partial charge in [0.05, 0.1) is 19.3 Å². The molecule has 1 amide bonds. The van der Waals surface area contributed by atoms with Gasteiger partial charge in [-0.05, 0) is 24.6 Å². The number of ether oxygens (including phenoxy) is 2. The molecular formula is C14H15F4NO4. The fourth-order valence-corrected chi connectivity index (χ4v) is 1.93. The molecule has 128 valence electrons. The quantitative estimate of drug-likeness (QED) is 0.612. The van der Waals surface area contributed by atoms with E-state index in [2.05, 4.69) is 9.47 Å². The fourth-order valence-electron chi connectivity index (χ4n) is 1.93. The van der Waals surface area contributed by atoms with E-state index in [1.54, 1.807) is 0 Å². The number of methoxy groups -OCH3 is 2. The first kappa shape index (κ1) is 18.9. The predicted molar refractivity (Wildman–Crippen MR) is 72.8 cm³/mol. The first-order valence-electron chi connectivity index (χ1n) is 6.39. The zero-order valence-electron chi connectivity index (χ0n) is 12.7. The van der Waals surface area contributed by atoms with Crippen molar-refractivity contribution >= 4 is 17.6 Å². The van der Waals surface area contributed by atoms with Crippen LogP contribution in [-0.4, -0.2) is 45.4 Å². The van der Waals surface area contributed by atoms with Gasteiger partial charge in [-0.25, -0.2) is 9.18 Å². The average molecular weight is 337 g/mol. The number of amides is 1. The van der Waals surface area contributed by atoms with Crippen LogP contribution in [0.5, 0.6) is 0 Å². The normalized spacial score (nSPS) is 11.3. The fraction of sp³-hybridized carbons (Fsp3) is 0.429. The lowest BCUT2D eigenvalue weighted by molar-refractivity contribution is -0.170. The molecule has 5 nitrogen and oxygen atoms in total. The van der Waals surface area contributed by atoms with Crippen LogP contribution in [0, 0.1) is 12.7 Å². The summed E-state index contributed by atoms with van der Waals surface area (Å²) >= 11 is 0. The third-order valence-electron chi connectivity index (χ3n) is 2.98. The van der Waals surface area contributed by atoms with Gasteiger partial charge >= 0.3 is 18.1 Å². The third-order valence-corrected chi connectivity index (χ3v) is 2.98. The number of carbonyl (C=O) groups excluding carboxylic acids is 2. The van der Waals surface area contributed by atoms with E-state index in [1.165, 1.54) is 14.0 Å². The van der Waals surface area contributed by atoms with Crippen LogP contribution in [0.25, 0.3) is 0 Å². The predicted octanol–water partition coefficient (Wildman–Crippen LogP) is 2.46. The highest BCUT2D eigenvalue weighted by atomic mass is 19.4. The third kappa shape index (κ3) is 4.41. The minimum absolute atomic E-state index is 0.0456. The summed E-state index contributed by atoms with van der Waals surface area (Å²) in [5, 5.41) is 0. The molecule has 0 saturated carbocycles. The van der Waals surface area contributed by atoms with Crippen molar-refractivity contribution in [3.05, 3.63) is 29.1 Å². The number of esters is 1. The Bertz CT molecular complexity index is 578. The molecule has 23 heavy (non-hydrogen) atoms. The molecule has 0 aliphatic carbocycles. The molecule has 0 spiro atoms. The average Bonchev–Trinajstić information content (AvgIpc) is 2.45. The van der Waals surface area contributed by atoms with E-state index in [9.17, 15) is 27.2 Å². The van der Waals surface area contributed by atoms with Crippen LogP contribution in [0.2, 0.25) is 0 Å². The molecule has 0 saturated heterocycles. The molecule has 0 aliphatic rings. The molecule has 0 fully saturated rings. The maximum absolute atomic E-state index is 14.0. The topological polar surface area (TPSA) is 55.8 Å². The van der Waals surface area contributed by atoms with Crippen LogP contribution < -0.4 is 4.90 Å². The highest BCUT2D eigenvalue weighted by Crippen LogP contribution is 2.27. The largest absolute Gasteiger partial charge is 0.471 e. The highest BCUT2D eigenvalue weighted by Gasteiger charge is 2.43. The molecule has 0 unspecified atom stereocenters. The lowest BCUT2D eigenvalue weighted by Crippen LogP contribution is -2.43. The number of halogens is 4. The lowest BCUT2D eigenvalue weighted by Gasteiger charge is -2.24. The first-order valence-corrected chi connectivity index (χ1v) is 6.39. The molecule has 0 heterocycles. The molecule has 0 aromatic heterocycles. The summed E-state index contributed by atoms with van der Waals surface area (Å²) in [6.45, 7) is 0.720. The van der Waals surface area contributed by atoms with Crippen LogP contribution in [-0.2, 0) is 14.3 Å². The Hall–Kier alpha value is -2.16. The van der Waals surface area contributed by atoms with Crippen LogP contribution in [0.15, 0.2) is 12.1 Å². The zero-order chi connectivity index (χ0) is 17.8. The number of alkyl halides is 3. The number of hydrogen-bond acceptors (Lipinski definition) is 4. The summed E-state index contributed by atoms with van der Waals surface area (Å²) in [6, 6.07) is 1.78. The Kier molecular flexibility index (Phi) is 6.08. The summed E-state index contributed by atoms with van der Waals surface area (Å²) in [7, 11) is 2.30. The number of anilines is 1. The number of nitrogens with zero attached hydrogens (tertiary/aromatic N) is 1. The van der Waals surface area contributed by atoms with Gasteiger partial charge in [0.15, 0.2) is 0 Å². The van der Waals surface area contributed by atoms with Gasteiger partial charge in [-0.2, -0.15) is 13.2 Å². The van der Waals surface area contributed by atoms with Crippen molar-refractivity contribution in [3.8, 4) is 0 Å². The Labute approximate surface area is 129 Å². The lowest BCUT2D eigenvalue weighted by atomic mass is 10.1. The van der Waals surface area contributed by atoms with E-state index in [0.717, 1.165) is 13.2 Å². The standard InChI is InChI=1S/C14H15F4NO4/c1-8-6-9(7-10(15)11(8)12(20)23-3)19(4-5-22-2)13(21)14(16,17)18/h6-7H,4-5H2,1-3H3. The van der Waals surface area contributed by atoms with Crippen molar-refractivity contribution in [2.75, 3.05) is 32.3 Å². The Morgan fingerprint density at radius 2 is 1.83 bits per heavy atom. The van der Waals surface area contributed by atoms with Crippen molar-refractivity contribution in [3.63, 3.8) is 0 Å². The minimum Gasteiger partial charge on any atom is -0.465 e. The zero-order valence-corrected chi connectivity index (χ0v) is 12.7. The van der Waals surface area contributed by atoms with Crippen molar-refractivity contribution in [1.29, 1.82) is 0 Å². The van der Waals surface area contributed by atoms with E-state index < -0.39 is 36.0 Å². The van der Waals surface area contributed by atoms with Gasteiger partial charge in [-0.15, -0.1) is 0 Å². The number of carbonyl (C=O) groups is 2. The minimum atomic E-state index is -5.13. The molecule has 0 radical (unpaired) electrons. The summed E-state index contributed by atoms with van der Waals surface area (Å²) in [4.78, 5) is 23.3. The molecule has 0 atom stereocenters. The molecule has 1 aromatic carbocycles. The Balaban J connectivity index is 3.32. The van der Waals surface area contributed by atoms with Gasteiger partial charge in [0.2, 0.25) is 0 Å². The van der Waals surface area contributed by atoms with Crippen LogP contribution >= 0.6 is 0 Å². The van der Waals surface area contributed by atoms with Crippen LogP contribution in [0.4, 0.5) is 23.2 Å². The molecule has 1 rings (SSSR count). The van der Waals surface area contributed by atoms with Crippen molar-refractivity contribution in [1.82, 2.24) is 0 Å². The second-order valence-electron chi connectivity index (χ2n) is 4.56. The van der Waals surface area contributed by atoms with Crippen LogP contribution in [0.3, 0.4) is 0 Å². The molecule has 1 aromatic rings. The monoisotopic (exact) mass is 337 g/mol. The second-order valence-corrected chi connectivity index (χ2v) is 4.56. The number of benzene rings is 1. The summed E-state index contributed by atoms with van der Waals surface area (Å²) < 4.78 is 61.1. The Morgan fingerprint density at radius 3 is 2.26 bits per heavy atom. The van der Waals surface area contributed by atoms with E-state index in [-0.39, 0.29) is 17.9 Å². The highest BCUT2D eigenvalue weighted by molar-refractivity contribution is 5.98. The maximum Gasteiger partial charge on any atom is 0.471 e. The number of aryl methyl sites for hydroxylation is 1. The number of hydrogen-bond donors (Lipinski definition) is 0. The summed E-state index contributed by atoms with van der Waals surface area (Å²) in [6.07, 6.45) is -5.13. The van der Waals surface area contributed by atoms with Gasteiger partial charge in [-0.3, -0.25) is 4.79 Å². The van der Waals surface area contributed by atoms with Gasteiger partial charge in [0.1, 0.15) is 5.82 Å². The van der Waals surface area contributed by atoms with Crippen LogP contribution in [0.1, 0.15) is 15.9 Å². The molecule has 0 N–H and O–H groups in total. The van der Waals surface area contributed by atoms with E-state index in [4.69, 9.17) is 0 Å². The van der Waals surface area contributed by atoms with Gasteiger partial charge in [0, 0.05) is 19.3 Å². The SMILES string of the molecule is COCCN(C(=O)C(F)(F)F)c1cc(C)c(C(=O)OC)c(F)c1. The first-order chi connectivity index (χ1) is 10.6.